The van der Waals surface area contributed by atoms with Gasteiger partial charge in [0.15, 0.2) is 0 Å². The average Bonchev–Trinajstić information content (AvgIpc) is 2.79. The van der Waals surface area contributed by atoms with E-state index in [2.05, 4.69) is 36.7 Å². The molecule has 0 aliphatic carbocycles. The van der Waals surface area contributed by atoms with Gasteiger partial charge in [-0.2, -0.15) is 10.2 Å². The third kappa shape index (κ3) is 5.02. The van der Waals surface area contributed by atoms with E-state index in [9.17, 15) is 9.90 Å². The van der Waals surface area contributed by atoms with Crippen LogP contribution < -0.4 is 5.43 Å². The molecule has 0 atom stereocenters. The number of phenols is 1. The maximum Gasteiger partial charge on any atom is 0.271 e. The Morgan fingerprint density at radius 1 is 0.903 bits per heavy atom. The van der Waals surface area contributed by atoms with Crippen molar-refractivity contribution < 1.29 is 9.90 Å². The molecule has 0 spiro atoms. The van der Waals surface area contributed by atoms with Gasteiger partial charge >= 0.3 is 0 Å². The summed E-state index contributed by atoms with van der Waals surface area (Å²) in [5.74, 6) is -0.339. The van der Waals surface area contributed by atoms with E-state index >= 15 is 0 Å². The number of carbonyl (C=O) groups is 1. The standard InChI is InChI=1S/C24H17BrN4O2/c25-19-8-3-7-17(13-19)24(31)29-26-15-18-14-20(11-12-23(18)30)27-28-22-10-4-6-16-5-1-2-9-21(16)22/h1-15,30H,(H,29,31)/b26-15+,28-27?. The van der Waals surface area contributed by atoms with Gasteiger partial charge in [0.1, 0.15) is 5.75 Å². The fourth-order valence-corrected chi connectivity index (χ4v) is 3.37. The third-order valence-electron chi connectivity index (χ3n) is 4.51. The summed E-state index contributed by atoms with van der Waals surface area (Å²) in [4.78, 5) is 12.2. The highest BCUT2D eigenvalue weighted by Gasteiger charge is 2.05. The summed E-state index contributed by atoms with van der Waals surface area (Å²) in [5, 5.41) is 24.8. The molecule has 7 heteroatoms. The van der Waals surface area contributed by atoms with E-state index in [0.717, 1.165) is 20.9 Å². The predicted octanol–water partition coefficient (Wildman–Crippen LogP) is 6.49. The normalized spacial score (nSPS) is 11.4. The highest BCUT2D eigenvalue weighted by molar-refractivity contribution is 9.10. The molecule has 0 radical (unpaired) electrons. The predicted molar refractivity (Wildman–Crippen MR) is 125 cm³/mol. The number of amides is 1. The number of hydrogen-bond donors (Lipinski definition) is 2. The molecule has 0 heterocycles. The van der Waals surface area contributed by atoms with Crippen LogP contribution in [0.2, 0.25) is 0 Å². The average molecular weight is 473 g/mol. The quantitative estimate of drug-likeness (QED) is 0.197. The molecule has 6 nitrogen and oxygen atoms in total. The van der Waals surface area contributed by atoms with Crippen LogP contribution in [-0.2, 0) is 0 Å². The minimum absolute atomic E-state index is 0.0181. The van der Waals surface area contributed by atoms with Gasteiger partial charge in [0, 0.05) is 21.0 Å². The number of carbonyl (C=O) groups excluding carboxylic acids is 1. The van der Waals surface area contributed by atoms with Crippen molar-refractivity contribution in [1.29, 1.82) is 0 Å². The molecule has 0 aromatic heterocycles. The molecule has 4 aromatic carbocycles. The Hall–Kier alpha value is -3.84. The molecule has 0 fully saturated rings. The highest BCUT2D eigenvalue weighted by atomic mass is 79.9. The summed E-state index contributed by atoms with van der Waals surface area (Å²) in [5.41, 5.74) is 4.62. The molecule has 2 N–H and O–H groups in total. The van der Waals surface area contributed by atoms with E-state index < -0.39 is 0 Å². The van der Waals surface area contributed by atoms with Crippen LogP contribution in [0.25, 0.3) is 10.8 Å². The molecule has 4 aromatic rings. The fourth-order valence-electron chi connectivity index (χ4n) is 2.97. The Bertz CT molecular complexity index is 1310. The smallest absolute Gasteiger partial charge is 0.271 e. The van der Waals surface area contributed by atoms with Gasteiger partial charge in [0.25, 0.3) is 5.91 Å². The molecule has 0 unspecified atom stereocenters. The van der Waals surface area contributed by atoms with Crippen molar-refractivity contribution in [2.24, 2.45) is 15.3 Å². The molecule has 0 saturated carbocycles. The Kier molecular flexibility index (Phi) is 6.14. The number of hydrazone groups is 1. The van der Waals surface area contributed by atoms with Crippen LogP contribution in [0.15, 0.2) is 105 Å². The second-order valence-corrected chi connectivity index (χ2v) is 7.57. The van der Waals surface area contributed by atoms with Crippen molar-refractivity contribution >= 4 is 50.2 Å². The second kappa shape index (κ2) is 9.32. The number of nitrogens with zero attached hydrogens (tertiary/aromatic N) is 3. The lowest BCUT2D eigenvalue weighted by Crippen LogP contribution is -2.17. The zero-order valence-corrected chi connectivity index (χ0v) is 17.8. The maximum atomic E-state index is 12.2. The van der Waals surface area contributed by atoms with Crippen LogP contribution in [-0.4, -0.2) is 17.2 Å². The van der Waals surface area contributed by atoms with Gasteiger partial charge in [0.05, 0.1) is 17.6 Å². The summed E-state index contributed by atoms with van der Waals surface area (Å²) < 4.78 is 0.797. The van der Waals surface area contributed by atoms with Crippen molar-refractivity contribution in [2.45, 2.75) is 0 Å². The number of aromatic hydroxyl groups is 1. The van der Waals surface area contributed by atoms with Crippen LogP contribution in [0.4, 0.5) is 11.4 Å². The van der Waals surface area contributed by atoms with E-state index in [1.807, 2.05) is 48.5 Å². The van der Waals surface area contributed by atoms with Crippen molar-refractivity contribution in [1.82, 2.24) is 5.43 Å². The topological polar surface area (TPSA) is 86.4 Å². The lowest BCUT2D eigenvalue weighted by Gasteiger charge is -2.03. The summed E-state index contributed by atoms with van der Waals surface area (Å²) >= 11 is 3.33. The largest absolute Gasteiger partial charge is 0.507 e. The lowest BCUT2D eigenvalue weighted by molar-refractivity contribution is 0.0955. The number of hydrogen-bond acceptors (Lipinski definition) is 5. The SMILES string of the molecule is O=C(N/N=C/c1cc(N=Nc2cccc3ccccc23)ccc1O)c1cccc(Br)c1. The molecular weight excluding hydrogens is 456 g/mol. The van der Waals surface area contributed by atoms with Gasteiger partial charge < -0.3 is 5.11 Å². The number of rotatable bonds is 5. The van der Waals surface area contributed by atoms with Gasteiger partial charge in [-0.05, 0) is 47.9 Å². The van der Waals surface area contributed by atoms with Crippen molar-refractivity contribution in [3.63, 3.8) is 0 Å². The molecule has 0 saturated heterocycles. The molecule has 0 aliphatic rings. The minimum Gasteiger partial charge on any atom is -0.507 e. The Balaban J connectivity index is 1.51. The molecule has 4 rings (SSSR count). The minimum atomic E-state index is -0.358. The Labute approximate surface area is 187 Å². The first-order chi connectivity index (χ1) is 15.1. The zero-order chi connectivity index (χ0) is 21.6. The van der Waals surface area contributed by atoms with E-state index in [1.165, 1.54) is 12.3 Å². The zero-order valence-electron chi connectivity index (χ0n) is 16.2. The highest BCUT2D eigenvalue weighted by Crippen LogP contribution is 2.28. The number of halogens is 1. The van der Waals surface area contributed by atoms with Gasteiger partial charge in [-0.25, -0.2) is 5.43 Å². The molecule has 0 aliphatic heterocycles. The van der Waals surface area contributed by atoms with E-state index in [0.29, 0.717) is 16.8 Å². The van der Waals surface area contributed by atoms with Crippen LogP contribution in [0.3, 0.4) is 0 Å². The van der Waals surface area contributed by atoms with Crippen LogP contribution in [0, 0.1) is 0 Å². The molecule has 0 bridgehead atoms. The second-order valence-electron chi connectivity index (χ2n) is 6.65. The van der Waals surface area contributed by atoms with Crippen LogP contribution >= 0.6 is 15.9 Å². The Morgan fingerprint density at radius 3 is 2.58 bits per heavy atom. The Morgan fingerprint density at radius 2 is 1.71 bits per heavy atom. The number of fused-ring (bicyclic) bond motifs is 1. The summed E-state index contributed by atoms with van der Waals surface area (Å²) in [7, 11) is 0. The first kappa shape index (κ1) is 20.4. The molecule has 152 valence electrons. The van der Waals surface area contributed by atoms with Crippen LogP contribution in [0.5, 0.6) is 5.75 Å². The first-order valence-electron chi connectivity index (χ1n) is 9.42. The van der Waals surface area contributed by atoms with E-state index in [4.69, 9.17) is 0 Å². The third-order valence-corrected chi connectivity index (χ3v) is 5.00. The monoisotopic (exact) mass is 472 g/mol. The summed E-state index contributed by atoms with van der Waals surface area (Å²) in [6, 6.07) is 25.6. The molecular formula is C24H17BrN4O2. The maximum absolute atomic E-state index is 12.2. The van der Waals surface area contributed by atoms with Crippen LogP contribution in [0.1, 0.15) is 15.9 Å². The number of benzene rings is 4. The van der Waals surface area contributed by atoms with Gasteiger partial charge in [-0.15, -0.1) is 5.11 Å². The number of azo groups is 1. The molecule has 1 amide bonds. The van der Waals surface area contributed by atoms with Crippen molar-refractivity contribution in [3.8, 4) is 5.75 Å². The van der Waals surface area contributed by atoms with Gasteiger partial charge in [-0.1, -0.05) is 58.4 Å². The van der Waals surface area contributed by atoms with Gasteiger partial charge in [-0.3, -0.25) is 4.79 Å². The molecule has 31 heavy (non-hydrogen) atoms. The summed E-state index contributed by atoms with van der Waals surface area (Å²) in [6.45, 7) is 0. The summed E-state index contributed by atoms with van der Waals surface area (Å²) in [6.07, 6.45) is 1.36. The van der Waals surface area contributed by atoms with Crippen molar-refractivity contribution in [3.05, 3.63) is 101 Å². The lowest BCUT2D eigenvalue weighted by atomic mass is 10.1. The first-order valence-corrected chi connectivity index (χ1v) is 10.2. The van der Waals surface area contributed by atoms with Crippen molar-refractivity contribution in [2.75, 3.05) is 0 Å². The van der Waals surface area contributed by atoms with E-state index in [1.54, 1.807) is 30.3 Å². The number of nitrogens with one attached hydrogen (secondary N) is 1. The van der Waals surface area contributed by atoms with Gasteiger partial charge in [0.2, 0.25) is 0 Å². The number of phenolic OH excluding ortho intramolecular Hbond substituents is 1. The fraction of sp³-hybridized carbons (Fsp3) is 0. The van der Waals surface area contributed by atoms with E-state index in [-0.39, 0.29) is 11.7 Å².